The Kier molecular flexibility index (Phi) is 3.70. The molecule has 0 fully saturated rings. The minimum atomic E-state index is -0.358. The van der Waals surface area contributed by atoms with Gasteiger partial charge >= 0.3 is 0 Å². The fourth-order valence-corrected chi connectivity index (χ4v) is 1.27. The van der Waals surface area contributed by atoms with E-state index in [1.165, 1.54) is 6.07 Å². The predicted octanol–water partition coefficient (Wildman–Crippen LogP) is 2.62. The first-order valence-electron chi connectivity index (χ1n) is 4.27. The monoisotopic (exact) mass is 201 g/mol. The second-order valence-corrected chi connectivity index (χ2v) is 3.70. The number of hydrogen-bond acceptors (Lipinski definition) is 1. The number of halogens is 2. The van der Waals surface area contributed by atoms with E-state index in [2.05, 4.69) is 0 Å². The summed E-state index contributed by atoms with van der Waals surface area (Å²) in [7, 11) is 0. The van der Waals surface area contributed by atoms with Crippen LogP contribution < -0.4 is 5.73 Å². The highest BCUT2D eigenvalue weighted by Gasteiger charge is 2.04. The van der Waals surface area contributed by atoms with E-state index in [4.69, 9.17) is 17.3 Å². The van der Waals surface area contributed by atoms with Crippen LogP contribution in [0.2, 0.25) is 5.02 Å². The SMILES string of the molecule is CC(CN)Cc1ccc(Cl)c(F)c1. The largest absolute Gasteiger partial charge is 0.330 e. The third kappa shape index (κ3) is 2.98. The highest BCUT2D eigenvalue weighted by atomic mass is 35.5. The Bertz CT molecular complexity index is 288. The van der Waals surface area contributed by atoms with Crippen LogP contribution in [0.3, 0.4) is 0 Å². The lowest BCUT2D eigenvalue weighted by Gasteiger charge is -2.08. The van der Waals surface area contributed by atoms with Crippen molar-refractivity contribution in [3.63, 3.8) is 0 Å². The highest BCUT2D eigenvalue weighted by Crippen LogP contribution is 2.17. The second-order valence-electron chi connectivity index (χ2n) is 3.29. The summed E-state index contributed by atoms with van der Waals surface area (Å²) in [6, 6.07) is 4.88. The van der Waals surface area contributed by atoms with Gasteiger partial charge in [0.2, 0.25) is 0 Å². The number of rotatable bonds is 3. The van der Waals surface area contributed by atoms with Crippen molar-refractivity contribution >= 4 is 11.6 Å². The van der Waals surface area contributed by atoms with Crippen LogP contribution in [0.25, 0.3) is 0 Å². The molecule has 13 heavy (non-hydrogen) atoms. The normalized spacial score (nSPS) is 12.9. The van der Waals surface area contributed by atoms with E-state index in [1.54, 1.807) is 6.07 Å². The molecule has 0 amide bonds. The first-order chi connectivity index (χ1) is 6.13. The van der Waals surface area contributed by atoms with Crippen molar-refractivity contribution in [2.45, 2.75) is 13.3 Å². The lowest BCUT2D eigenvalue weighted by atomic mass is 10.0. The molecule has 0 saturated heterocycles. The first kappa shape index (κ1) is 10.5. The molecule has 0 radical (unpaired) electrons. The molecule has 2 N–H and O–H groups in total. The van der Waals surface area contributed by atoms with Crippen molar-refractivity contribution < 1.29 is 4.39 Å². The molecule has 0 spiro atoms. The number of benzene rings is 1. The molecule has 1 nitrogen and oxygen atoms in total. The summed E-state index contributed by atoms with van der Waals surface area (Å²) in [4.78, 5) is 0. The van der Waals surface area contributed by atoms with Crippen LogP contribution in [0.1, 0.15) is 12.5 Å². The second kappa shape index (κ2) is 4.58. The van der Waals surface area contributed by atoms with Crippen LogP contribution in [0.4, 0.5) is 4.39 Å². The molecule has 1 rings (SSSR count). The summed E-state index contributed by atoms with van der Waals surface area (Å²) in [6.07, 6.45) is 0.796. The zero-order chi connectivity index (χ0) is 9.84. The molecule has 0 aromatic heterocycles. The lowest BCUT2D eigenvalue weighted by molar-refractivity contribution is 0.584. The fraction of sp³-hybridized carbons (Fsp3) is 0.400. The standard InChI is InChI=1S/C10H13ClFN/c1-7(6-13)4-8-2-3-9(11)10(12)5-8/h2-3,5,7H,4,6,13H2,1H3. The molecule has 1 aromatic rings. The fourth-order valence-electron chi connectivity index (χ4n) is 1.15. The molecule has 0 aliphatic rings. The van der Waals surface area contributed by atoms with Crippen LogP contribution >= 0.6 is 11.6 Å². The molecule has 72 valence electrons. The van der Waals surface area contributed by atoms with Crippen molar-refractivity contribution in [1.82, 2.24) is 0 Å². The third-order valence-corrected chi connectivity index (χ3v) is 2.28. The van der Waals surface area contributed by atoms with Crippen molar-refractivity contribution in [3.05, 3.63) is 34.6 Å². The summed E-state index contributed by atoms with van der Waals surface area (Å²) in [6.45, 7) is 2.65. The summed E-state index contributed by atoms with van der Waals surface area (Å²) < 4.78 is 13.0. The summed E-state index contributed by atoms with van der Waals surface area (Å²) in [5, 5.41) is 0.171. The first-order valence-corrected chi connectivity index (χ1v) is 4.65. The molecular weight excluding hydrogens is 189 g/mol. The van der Waals surface area contributed by atoms with Gasteiger partial charge in [0.1, 0.15) is 5.82 Å². The molecule has 0 aliphatic carbocycles. The van der Waals surface area contributed by atoms with E-state index in [-0.39, 0.29) is 10.8 Å². The van der Waals surface area contributed by atoms with E-state index < -0.39 is 0 Å². The third-order valence-electron chi connectivity index (χ3n) is 1.97. The molecule has 1 aromatic carbocycles. The molecule has 0 saturated carbocycles. The van der Waals surface area contributed by atoms with E-state index in [1.807, 2.05) is 13.0 Å². The Hall–Kier alpha value is -0.600. The van der Waals surface area contributed by atoms with Gasteiger partial charge in [0.05, 0.1) is 5.02 Å². The van der Waals surface area contributed by atoms with E-state index >= 15 is 0 Å². The molecule has 0 aliphatic heterocycles. The molecule has 1 unspecified atom stereocenters. The van der Waals surface area contributed by atoms with Crippen molar-refractivity contribution in [2.75, 3.05) is 6.54 Å². The molecule has 1 atom stereocenters. The van der Waals surface area contributed by atoms with Crippen molar-refractivity contribution in [3.8, 4) is 0 Å². The van der Waals surface area contributed by atoms with Crippen LogP contribution in [0.5, 0.6) is 0 Å². The van der Waals surface area contributed by atoms with Gasteiger partial charge in [-0.15, -0.1) is 0 Å². The maximum absolute atomic E-state index is 13.0. The van der Waals surface area contributed by atoms with Gasteiger partial charge < -0.3 is 5.73 Å². The summed E-state index contributed by atoms with van der Waals surface area (Å²) >= 11 is 5.55. The van der Waals surface area contributed by atoms with Gasteiger partial charge in [-0.1, -0.05) is 24.6 Å². The van der Waals surface area contributed by atoms with Crippen molar-refractivity contribution in [2.24, 2.45) is 11.7 Å². The van der Waals surface area contributed by atoms with E-state index in [0.717, 1.165) is 12.0 Å². The quantitative estimate of drug-likeness (QED) is 0.800. The Morgan fingerprint density at radius 3 is 2.77 bits per heavy atom. The van der Waals surface area contributed by atoms with Gasteiger partial charge in [-0.05, 0) is 36.6 Å². The smallest absolute Gasteiger partial charge is 0.142 e. The number of nitrogens with two attached hydrogens (primary N) is 1. The van der Waals surface area contributed by atoms with Crippen LogP contribution in [-0.2, 0) is 6.42 Å². The van der Waals surface area contributed by atoms with Gasteiger partial charge in [-0.2, -0.15) is 0 Å². The van der Waals surface area contributed by atoms with Gasteiger partial charge in [0.15, 0.2) is 0 Å². The average Bonchev–Trinajstić information content (AvgIpc) is 2.11. The zero-order valence-electron chi connectivity index (χ0n) is 7.56. The summed E-state index contributed by atoms with van der Waals surface area (Å²) in [5.74, 6) is 0.0176. The maximum Gasteiger partial charge on any atom is 0.142 e. The lowest BCUT2D eigenvalue weighted by Crippen LogP contribution is -2.13. The maximum atomic E-state index is 13.0. The number of hydrogen-bond donors (Lipinski definition) is 1. The molecular formula is C10H13ClFN. The highest BCUT2D eigenvalue weighted by molar-refractivity contribution is 6.30. The van der Waals surface area contributed by atoms with Crippen LogP contribution in [0, 0.1) is 11.7 Å². The minimum absolute atomic E-state index is 0.171. The van der Waals surface area contributed by atoms with Gasteiger partial charge in [-0.3, -0.25) is 0 Å². The van der Waals surface area contributed by atoms with Gasteiger partial charge in [0.25, 0.3) is 0 Å². The van der Waals surface area contributed by atoms with E-state index in [9.17, 15) is 4.39 Å². The predicted molar refractivity (Wildman–Crippen MR) is 53.3 cm³/mol. The van der Waals surface area contributed by atoms with Gasteiger partial charge in [-0.25, -0.2) is 4.39 Å². The van der Waals surface area contributed by atoms with Crippen molar-refractivity contribution in [1.29, 1.82) is 0 Å². The molecule has 3 heteroatoms. The Balaban J connectivity index is 2.73. The Morgan fingerprint density at radius 2 is 2.23 bits per heavy atom. The molecule has 0 bridgehead atoms. The van der Waals surface area contributed by atoms with Crippen LogP contribution in [0.15, 0.2) is 18.2 Å². The van der Waals surface area contributed by atoms with Crippen LogP contribution in [-0.4, -0.2) is 6.54 Å². The topological polar surface area (TPSA) is 26.0 Å². The Morgan fingerprint density at radius 1 is 1.54 bits per heavy atom. The Labute approximate surface area is 82.7 Å². The zero-order valence-corrected chi connectivity index (χ0v) is 8.31. The molecule has 0 heterocycles. The summed E-state index contributed by atoms with van der Waals surface area (Å²) in [5.41, 5.74) is 6.41. The minimum Gasteiger partial charge on any atom is -0.330 e. The van der Waals surface area contributed by atoms with Gasteiger partial charge in [0, 0.05) is 0 Å². The average molecular weight is 202 g/mol. The van der Waals surface area contributed by atoms with E-state index in [0.29, 0.717) is 12.5 Å².